The van der Waals surface area contributed by atoms with Crippen LogP contribution in [-0.4, -0.2) is 11.1 Å². The number of nitrogens with one attached hydrogen (secondary N) is 1. The van der Waals surface area contributed by atoms with E-state index in [-0.39, 0.29) is 0 Å². The molecule has 92 valence electrons. The highest BCUT2D eigenvalue weighted by atomic mass is 15.1. The maximum atomic E-state index is 9.46. The van der Waals surface area contributed by atoms with Gasteiger partial charge in [0.2, 0.25) is 0 Å². The molecule has 3 nitrogen and oxygen atoms in total. The van der Waals surface area contributed by atoms with Crippen LogP contribution in [-0.2, 0) is 0 Å². The molecule has 0 unspecified atom stereocenters. The molecule has 0 bridgehead atoms. The molecular formula is C14H21N3. The van der Waals surface area contributed by atoms with Crippen molar-refractivity contribution in [3.8, 4) is 12.1 Å². The highest BCUT2D eigenvalue weighted by molar-refractivity contribution is 5.18. The Hall–Kier alpha value is -1.06. The summed E-state index contributed by atoms with van der Waals surface area (Å²) in [6.45, 7) is 0. The molecule has 0 radical (unpaired) electrons. The fourth-order valence-corrected chi connectivity index (χ4v) is 3.30. The van der Waals surface area contributed by atoms with Crippen molar-refractivity contribution in [1.82, 2.24) is 5.32 Å². The summed E-state index contributed by atoms with van der Waals surface area (Å²) < 4.78 is 0. The summed E-state index contributed by atoms with van der Waals surface area (Å²) in [6.07, 6.45) is 10.5. The lowest BCUT2D eigenvalue weighted by Gasteiger charge is -2.41. The lowest BCUT2D eigenvalue weighted by atomic mass is 9.76. The fourth-order valence-electron chi connectivity index (χ4n) is 3.30. The first-order valence-electron chi connectivity index (χ1n) is 6.86. The predicted molar refractivity (Wildman–Crippen MR) is 66.0 cm³/mol. The lowest BCUT2D eigenvalue weighted by Crippen LogP contribution is -2.58. The van der Waals surface area contributed by atoms with Gasteiger partial charge in [-0.3, -0.25) is 5.32 Å². The van der Waals surface area contributed by atoms with Gasteiger partial charge in [0.25, 0.3) is 0 Å². The maximum absolute atomic E-state index is 9.46. The Morgan fingerprint density at radius 2 is 1.00 bits per heavy atom. The zero-order valence-electron chi connectivity index (χ0n) is 10.5. The molecule has 3 heteroatoms. The van der Waals surface area contributed by atoms with Gasteiger partial charge in [0, 0.05) is 0 Å². The first kappa shape index (κ1) is 12.4. The van der Waals surface area contributed by atoms with E-state index in [0.29, 0.717) is 0 Å². The SMILES string of the molecule is N#CC1(NC2(C#N)CCCCC2)CCCCC1. The van der Waals surface area contributed by atoms with Crippen LogP contribution >= 0.6 is 0 Å². The van der Waals surface area contributed by atoms with Crippen molar-refractivity contribution in [2.45, 2.75) is 75.3 Å². The van der Waals surface area contributed by atoms with E-state index >= 15 is 0 Å². The highest BCUT2D eigenvalue weighted by Gasteiger charge is 2.42. The summed E-state index contributed by atoms with van der Waals surface area (Å²) in [5.41, 5.74) is -0.851. The molecule has 0 amide bonds. The maximum Gasteiger partial charge on any atom is 0.107 e. The first-order valence-corrected chi connectivity index (χ1v) is 6.86. The zero-order valence-corrected chi connectivity index (χ0v) is 10.5. The van der Waals surface area contributed by atoms with Crippen molar-refractivity contribution in [2.24, 2.45) is 0 Å². The molecule has 0 heterocycles. The van der Waals surface area contributed by atoms with Gasteiger partial charge in [-0.15, -0.1) is 0 Å². The molecule has 2 fully saturated rings. The molecule has 1 N–H and O–H groups in total. The average molecular weight is 231 g/mol. The van der Waals surface area contributed by atoms with Crippen LogP contribution in [0.15, 0.2) is 0 Å². The normalized spacial score (nSPS) is 26.7. The van der Waals surface area contributed by atoms with E-state index in [1.54, 1.807) is 0 Å². The number of nitrogens with zero attached hydrogens (tertiary/aromatic N) is 2. The Kier molecular flexibility index (Phi) is 3.69. The van der Waals surface area contributed by atoms with Gasteiger partial charge >= 0.3 is 0 Å². The summed E-state index contributed by atoms with van der Waals surface area (Å²) in [4.78, 5) is 0. The Morgan fingerprint density at radius 1 is 0.647 bits per heavy atom. The molecule has 0 aromatic rings. The fraction of sp³-hybridized carbons (Fsp3) is 0.857. The van der Waals surface area contributed by atoms with Crippen molar-refractivity contribution in [3.05, 3.63) is 0 Å². The Balaban J connectivity index is 2.11. The Labute approximate surface area is 104 Å². The smallest absolute Gasteiger partial charge is 0.107 e. The van der Waals surface area contributed by atoms with Gasteiger partial charge in [-0.05, 0) is 25.7 Å². The van der Waals surface area contributed by atoms with Gasteiger partial charge in [0.05, 0.1) is 12.1 Å². The van der Waals surface area contributed by atoms with E-state index in [1.165, 1.54) is 12.8 Å². The summed E-state index contributed by atoms with van der Waals surface area (Å²) in [6, 6.07) is 4.92. The minimum Gasteiger partial charge on any atom is -0.281 e. The quantitative estimate of drug-likeness (QED) is 0.794. The average Bonchev–Trinajstić information content (AvgIpc) is 2.41. The Bertz CT molecular complexity index is 301. The minimum absolute atomic E-state index is 0.425. The van der Waals surface area contributed by atoms with Gasteiger partial charge < -0.3 is 0 Å². The summed E-state index contributed by atoms with van der Waals surface area (Å²) in [5, 5.41) is 22.4. The lowest BCUT2D eigenvalue weighted by molar-refractivity contribution is 0.196. The molecule has 0 aromatic carbocycles. The third kappa shape index (κ3) is 2.61. The molecule has 2 aliphatic carbocycles. The molecule has 2 aliphatic rings. The van der Waals surface area contributed by atoms with Crippen LogP contribution in [0, 0.1) is 22.7 Å². The van der Waals surface area contributed by atoms with Crippen LogP contribution in [0.1, 0.15) is 64.2 Å². The number of hydrogen-bond donors (Lipinski definition) is 1. The van der Waals surface area contributed by atoms with E-state index in [1.807, 2.05) is 0 Å². The molecule has 2 rings (SSSR count). The van der Waals surface area contributed by atoms with Gasteiger partial charge in [0.15, 0.2) is 0 Å². The standard InChI is InChI=1S/C14H21N3/c15-11-13(7-3-1-4-8-13)17-14(12-16)9-5-2-6-10-14/h17H,1-10H2. The summed E-state index contributed by atoms with van der Waals surface area (Å²) in [7, 11) is 0. The van der Waals surface area contributed by atoms with Crippen LogP contribution in [0.5, 0.6) is 0 Å². The van der Waals surface area contributed by atoms with Crippen molar-refractivity contribution in [2.75, 3.05) is 0 Å². The number of rotatable bonds is 2. The summed E-state index contributed by atoms with van der Waals surface area (Å²) in [5.74, 6) is 0. The monoisotopic (exact) mass is 231 g/mol. The van der Waals surface area contributed by atoms with E-state index in [4.69, 9.17) is 0 Å². The van der Waals surface area contributed by atoms with Crippen molar-refractivity contribution in [1.29, 1.82) is 10.5 Å². The molecule has 17 heavy (non-hydrogen) atoms. The Morgan fingerprint density at radius 3 is 1.29 bits per heavy atom. The highest BCUT2D eigenvalue weighted by Crippen LogP contribution is 2.34. The van der Waals surface area contributed by atoms with Gasteiger partial charge in [-0.1, -0.05) is 38.5 Å². The predicted octanol–water partition coefficient (Wildman–Crippen LogP) is 3.03. The topological polar surface area (TPSA) is 59.6 Å². The van der Waals surface area contributed by atoms with Crippen molar-refractivity contribution < 1.29 is 0 Å². The van der Waals surface area contributed by atoms with Gasteiger partial charge in [0.1, 0.15) is 11.1 Å². The minimum atomic E-state index is -0.425. The molecular weight excluding hydrogens is 210 g/mol. The van der Waals surface area contributed by atoms with E-state index < -0.39 is 11.1 Å². The summed E-state index contributed by atoms with van der Waals surface area (Å²) >= 11 is 0. The molecule has 0 spiro atoms. The number of nitriles is 2. The third-order valence-electron chi connectivity index (χ3n) is 4.32. The van der Waals surface area contributed by atoms with Crippen LogP contribution in [0.2, 0.25) is 0 Å². The second-order valence-electron chi connectivity index (χ2n) is 5.63. The second-order valence-corrected chi connectivity index (χ2v) is 5.63. The van der Waals surface area contributed by atoms with E-state index in [2.05, 4.69) is 17.5 Å². The van der Waals surface area contributed by atoms with Crippen LogP contribution < -0.4 is 5.32 Å². The van der Waals surface area contributed by atoms with Crippen molar-refractivity contribution in [3.63, 3.8) is 0 Å². The van der Waals surface area contributed by atoms with Gasteiger partial charge in [-0.2, -0.15) is 10.5 Å². The second kappa shape index (κ2) is 5.07. The van der Waals surface area contributed by atoms with Crippen molar-refractivity contribution >= 4 is 0 Å². The zero-order chi connectivity index (χ0) is 12.2. The van der Waals surface area contributed by atoms with E-state index in [0.717, 1.165) is 51.4 Å². The number of hydrogen-bond acceptors (Lipinski definition) is 3. The van der Waals surface area contributed by atoms with Crippen LogP contribution in [0.4, 0.5) is 0 Å². The molecule has 0 aromatic heterocycles. The molecule has 0 atom stereocenters. The molecule has 2 saturated carbocycles. The van der Waals surface area contributed by atoms with Crippen LogP contribution in [0.25, 0.3) is 0 Å². The largest absolute Gasteiger partial charge is 0.281 e. The third-order valence-corrected chi connectivity index (χ3v) is 4.32. The van der Waals surface area contributed by atoms with E-state index in [9.17, 15) is 10.5 Å². The molecule has 0 saturated heterocycles. The van der Waals surface area contributed by atoms with Gasteiger partial charge in [-0.25, -0.2) is 0 Å². The first-order chi connectivity index (χ1) is 8.24. The van der Waals surface area contributed by atoms with Crippen LogP contribution in [0.3, 0.4) is 0 Å². The molecule has 0 aliphatic heterocycles.